The van der Waals surface area contributed by atoms with Gasteiger partial charge in [0, 0.05) is 19.4 Å². The summed E-state index contributed by atoms with van der Waals surface area (Å²) in [6, 6.07) is 0. The molecular formula is C12H20O2. The van der Waals surface area contributed by atoms with Crippen LogP contribution >= 0.6 is 0 Å². The molecule has 0 aliphatic heterocycles. The fraction of sp³-hybridized carbons (Fsp3) is 0.917. The summed E-state index contributed by atoms with van der Waals surface area (Å²) in [7, 11) is 0. The molecular weight excluding hydrogens is 176 g/mol. The molecule has 2 saturated carbocycles. The van der Waals surface area contributed by atoms with Crippen LogP contribution < -0.4 is 0 Å². The second-order valence-electron chi connectivity index (χ2n) is 5.23. The predicted molar refractivity (Wildman–Crippen MR) is 54.9 cm³/mol. The fourth-order valence-corrected chi connectivity index (χ4v) is 3.55. The smallest absolute Gasteiger partial charge is 0.133 e. The molecule has 2 heteroatoms. The van der Waals surface area contributed by atoms with E-state index in [4.69, 9.17) is 5.11 Å². The lowest BCUT2D eigenvalue weighted by molar-refractivity contribution is -0.124. The van der Waals surface area contributed by atoms with Crippen molar-refractivity contribution in [3.05, 3.63) is 0 Å². The monoisotopic (exact) mass is 196 g/mol. The van der Waals surface area contributed by atoms with Gasteiger partial charge in [-0.1, -0.05) is 6.92 Å². The third kappa shape index (κ3) is 1.50. The molecule has 0 amide bonds. The Labute approximate surface area is 85.7 Å². The molecule has 2 aliphatic rings. The van der Waals surface area contributed by atoms with Gasteiger partial charge in [0.1, 0.15) is 5.78 Å². The van der Waals surface area contributed by atoms with Crippen molar-refractivity contribution in [3.8, 4) is 0 Å². The van der Waals surface area contributed by atoms with Crippen LogP contribution in [0.15, 0.2) is 0 Å². The molecule has 0 aromatic carbocycles. The second-order valence-corrected chi connectivity index (χ2v) is 5.23. The Morgan fingerprint density at radius 1 is 1.50 bits per heavy atom. The molecule has 2 nitrogen and oxygen atoms in total. The number of aliphatic hydroxyl groups excluding tert-OH is 1. The number of Topliss-reactive ketones (excluding diaryl/α,β-unsaturated/α-hetero) is 1. The highest BCUT2D eigenvalue weighted by Gasteiger charge is 2.48. The maximum absolute atomic E-state index is 11.4. The molecule has 3 atom stereocenters. The van der Waals surface area contributed by atoms with Crippen molar-refractivity contribution >= 4 is 5.78 Å². The number of hydrogen-bond acceptors (Lipinski definition) is 2. The summed E-state index contributed by atoms with van der Waals surface area (Å²) >= 11 is 0. The first kappa shape index (κ1) is 10.2. The van der Waals surface area contributed by atoms with E-state index in [1.807, 2.05) is 0 Å². The van der Waals surface area contributed by atoms with E-state index in [-0.39, 0.29) is 0 Å². The van der Waals surface area contributed by atoms with Crippen molar-refractivity contribution in [2.75, 3.05) is 6.61 Å². The van der Waals surface area contributed by atoms with Crippen LogP contribution in [0.5, 0.6) is 0 Å². The standard InChI is InChI=1S/C12H20O2/c1-12-6-4-11(14)8-10(12)3-2-9(12)5-7-13/h9-10,13H,2-8H2,1H3/t9?,10?,12-/m1/s1. The minimum absolute atomic E-state index is 0.306. The quantitative estimate of drug-likeness (QED) is 0.734. The Morgan fingerprint density at radius 3 is 3.00 bits per heavy atom. The highest BCUT2D eigenvalue weighted by atomic mass is 16.3. The van der Waals surface area contributed by atoms with Crippen molar-refractivity contribution in [1.29, 1.82) is 0 Å². The highest BCUT2D eigenvalue weighted by molar-refractivity contribution is 5.79. The molecule has 2 fully saturated rings. The molecule has 0 bridgehead atoms. The van der Waals surface area contributed by atoms with Gasteiger partial charge in [-0.15, -0.1) is 0 Å². The van der Waals surface area contributed by atoms with E-state index in [9.17, 15) is 4.79 Å². The zero-order valence-corrected chi connectivity index (χ0v) is 8.96. The van der Waals surface area contributed by atoms with E-state index in [1.165, 1.54) is 12.8 Å². The molecule has 1 N–H and O–H groups in total. The lowest BCUT2D eigenvalue weighted by Gasteiger charge is -2.40. The van der Waals surface area contributed by atoms with Crippen LogP contribution in [0.2, 0.25) is 0 Å². The summed E-state index contributed by atoms with van der Waals surface area (Å²) in [5, 5.41) is 9.02. The molecule has 0 aromatic heterocycles. The topological polar surface area (TPSA) is 37.3 Å². The minimum Gasteiger partial charge on any atom is -0.396 e. The van der Waals surface area contributed by atoms with Crippen LogP contribution in [-0.2, 0) is 4.79 Å². The Morgan fingerprint density at radius 2 is 2.29 bits per heavy atom. The third-order valence-corrected chi connectivity index (χ3v) is 4.62. The summed E-state index contributed by atoms with van der Waals surface area (Å²) in [4.78, 5) is 11.4. The van der Waals surface area contributed by atoms with Crippen LogP contribution in [0.4, 0.5) is 0 Å². The van der Waals surface area contributed by atoms with Crippen molar-refractivity contribution in [2.45, 2.75) is 45.4 Å². The average Bonchev–Trinajstić information content (AvgIpc) is 2.46. The van der Waals surface area contributed by atoms with Crippen molar-refractivity contribution in [1.82, 2.24) is 0 Å². The maximum atomic E-state index is 11.4. The van der Waals surface area contributed by atoms with Gasteiger partial charge in [0.25, 0.3) is 0 Å². The van der Waals surface area contributed by atoms with Crippen molar-refractivity contribution < 1.29 is 9.90 Å². The Kier molecular flexibility index (Phi) is 2.65. The number of rotatable bonds is 2. The van der Waals surface area contributed by atoms with E-state index >= 15 is 0 Å². The van der Waals surface area contributed by atoms with Gasteiger partial charge in [-0.2, -0.15) is 0 Å². The summed E-state index contributed by atoms with van der Waals surface area (Å²) in [5.74, 6) is 1.73. The van der Waals surface area contributed by atoms with Gasteiger partial charge in [-0.05, 0) is 42.9 Å². The molecule has 0 saturated heterocycles. The van der Waals surface area contributed by atoms with Gasteiger partial charge >= 0.3 is 0 Å². The average molecular weight is 196 g/mol. The Bertz CT molecular complexity index is 236. The van der Waals surface area contributed by atoms with Gasteiger partial charge in [-0.25, -0.2) is 0 Å². The molecule has 2 rings (SSSR count). The minimum atomic E-state index is 0.306. The third-order valence-electron chi connectivity index (χ3n) is 4.62. The normalized spacial score (nSPS) is 42.6. The lowest BCUT2D eigenvalue weighted by Crippen LogP contribution is -2.35. The van der Waals surface area contributed by atoms with Gasteiger partial charge in [-0.3, -0.25) is 4.79 Å². The molecule has 2 unspecified atom stereocenters. The number of aliphatic hydroxyl groups is 1. The number of hydrogen-bond donors (Lipinski definition) is 1. The summed E-state index contributed by atoms with van der Waals surface area (Å²) in [6.45, 7) is 2.64. The van der Waals surface area contributed by atoms with Crippen LogP contribution in [0.3, 0.4) is 0 Å². The lowest BCUT2D eigenvalue weighted by atomic mass is 9.64. The molecule has 14 heavy (non-hydrogen) atoms. The predicted octanol–water partition coefficient (Wildman–Crippen LogP) is 2.15. The first-order chi connectivity index (χ1) is 6.66. The molecule has 80 valence electrons. The molecule has 2 aliphatic carbocycles. The first-order valence-corrected chi connectivity index (χ1v) is 5.79. The van der Waals surface area contributed by atoms with E-state index in [0.717, 1.165) is 25.7 Å². The maximum Gasteiger partial charge on any atom is 0.133 e. The summed E-state index contributed by atoms with van der Waals surface area (Å²) in [5.41, 5.74) is 0.358. The van der Waals surface area contributed by atoms with Gasteiger partial charge in [0.2, 0.25) is 0 Å². The second kappa shape index (κ2) is 3.65. The Balaban J connectivity index is 2.10. The van der Waals surface area contributed by atoms with Gasteiger partial charge in [0.15, 0.2) is 0 Å². The summed E-state index contributed by atoms with van der Waals surface area (Å²) < 4.78 is 0. The van der Waals surface area contributed by atoms with E-state index < -0.39 is 0 Å². The largest absolute Gasteiger partial charge is 0.396 e. The number of carbonyl (C=O) groups excluding carboxylic acids is 1. The number of ketones is 1. The van der Waals surface area contributed by atoms with E-state index in [0.29, 0.717) is 29.6 Å². The zero-order chi connectivity index (χ0) is 10.2. The Hall–Kier alpha value is -0.370. The SMILES string of the molecule is C[C@]12CCC(=O)CC1CCC2CCO. The van der Waals surface area contributed by atoms with Crippen LogP contribution in [-0.4, -0.2) is 17.5 Å². The van der Waals surface area contributed by atoms with Crippen molar-refractivity contribution in [2.24, 2.45) is 17.3 Å². The molecule has 0 heterocycles. The molecule has 0 aromatic rings. The zero-order valence-electron chi connectivity index (χ0n) is 8.96. The van der Waals surface area contributed by atoms with Crippen molar-refractivity contribution in [3.63, 3.8) is 0 Å². The highest BCUT2D eigenvalue weighted by Crippen LogP contribution is 2.55. The van der Waals surface area contributed by atoms with Gasteiger partial charge in [0.05, 0.1) is 0 Å². The van der Waals surface area contributed by atoms with Crippen LogP contribution in [0.25, 0.3) is 0 Å². The van der Waals surface area contributed by atoms with Crippen LogP contribution in [0, 0.1) is 17.3 Å². The summed E-state index contributed by atoms with van der Waals surface area (Å²) in [6.07, 6.45) is 5.98. The van der Waals surface area contributed by atoms with Crippen LogP contribution in [0.1, 0.15) is 45.4 Å². The van der Waals surface area contributed by atoms with E-state index in [1.54, 1.807) is 0 Å². The number of carbonyl (C=O) groups is 1. The molecule has 0 radical (unpaired) electrons. The van der Waals surface area contributed by atoms with E-state index in [2.05, 4.69) is 6.92 Å². The number of fused-ring (bicyclic) bond motifs is 1. The fourth-order valence-electron chi connectivity index (χ4n) is 3.55. The molecule has 0 spiro atoms. The van der Waals surface area contributed by atoms with Gasteiger partial charge < -0.3 is 5.11 Å². The first-order valence-electron chi connectivity index (χ1n) is 5.79.